The molecule has 0 unspecified atom stereocenters. The molecular formula is C26H28N8O2. The Morgan fingerprint density at radius 2 is 1.72 bits per heavy atom. The van der Waals surface area contributed by atoms with Crippen LogP contribution < -0.4 is 11.2 Å². The van der Waals surface area contributed by atoms with E-state index in [9.17, 15) is 9.59 Å². The molecule has 0 aliphatic heterocycles. The van der Waals surface area contributed by atoms with Crippen LogP contribution in [0.3, 0.4) is 0 Å². The molecule has 0 saturated carbocycles. The predicted octanol–water partition coefficient (Wildman–Crippen LogP) is 3.19. The van der Waals surface area contributed by atoms with Gasteiger partial charge in [0.1, 0.15) is 12.2 Å². The Morgan fingerprint density at radius 3 is 2.39 bits per heavy atom. The zero-order valence-corrected chi connectivity index (χ0v) is 20.8. The minimum absolute atomic E-state index is 0.0486. The monoisotopic (exact) mass is 484 g/mol. The van der Waals surface area contributed by atoms with Crippen LogP contribution in [0.1, 0.15) is 39.1 Å². The molecule has 3 heterocycles. The number of fused-ring (bicyclic) bond motifs is 1. The van der Waals surface area contributed by atoms with Gasteiger partial charge in [0.25, 0.3) is 5.56 Å². The van der Waals surface area contributed by atoms with Gasteiger partial charge in [0, 0.05) is 25.1 Å². The van der Waals surface area contributed by atoms with Crippen LogP contribution in [0.15, 0.2) is 64.4 Å². The molecule has 0 saturated heterocycles. The summed E-state index contributed by atoms with van der Waals surface area (Å²) in [5, 5.41) is 11.5. The molecule has 5 aromatic rings. The SMILES string of the molecule is CCn1c(=O)[nH]c2nc(CC(C)(C)C)n(Cc3ccc(-c4ccccc4-n4cnnn4)cc3)c2c1=O. The molecule has 36 heavy (non-hydrogen) atoms. The second kappa shape index (κ2) is 9.03. The van der Waals surface area contributed by atoms with Crippen LogP contribution in [0.5, 0.6) is 0 Å². The predicted molar refractivity (Wildman–Crippen MR) is 137 cm³/mol. The van der Waals surface area contributed by atoms with Gasteiger partial charge in [-0.3, -0.25) is 14.3 Å². The highest BCUT2D eigenvalue weighted by atomic mass is 16.2. The first kappa shape index (κ1) is 23.4. The van der Waals surface area contributed by atoms with Crippen LogP contribution >= 0.6 is 0 Å². The second-order valence-corrected chi connectivity index (χ2v) is 10.00. The summed E-state index contributed by atoms with van der Waals surface area (Å²) in [6.45, 7) is 8.91. The summed E-state index contributed by atoms with van der Waals surface area (Å²) >= 11 is 0. The minimum atomic E-state index is -0.437. The maximum Gasteiger partial charge on any atom is 0.330 e. The van der Waals surface area contributed by atoms with Crippen molar-refractivity contribution in [3.63, 3.8) is 0 Å². The third kappa shape index (κ3) is 4.37. The fraction of sp³-hybridized carbons (Fsp3) is 0.308. The van der Waals surface area contributed by atoms with Crippen molar-refractivity contribution in [3.05, 3.63) is 87.1 Å². The van der Waals surface area contributed by atoms with E-state index < -0.39 is 5.69 Å². The van der Waals surface area contributed by atoms with E-state index in [-0.39, 0.29) is 11.0 Å². The number of nitrogens with one attached hydrogen (secondary N) is 1. The zero-order chi connectivity index (χ0) is 25.4. The number of aromatic nitrogens is 8. The number of H-pyrrole nitrogens is 1. The first-order valence-corrected chi connectivity index (χ1v) is 11.9. The van der Waals surface area contributed by atoms with Gasteiger partial charge in [-0.15, -0.1) is 5.10 Å². The highest BCUT2D eigenvalue weighted by Crippen LogP contribution is 2.27. The van der Waals surface area contributed by atoms with Gasteiger partial charge in [-0.25, -0.2) is 9.78 Å². The summed E-state index contributed by atoms with van der Waals surface area (Å²) in [4.78, 5) is 33.1. The van der Waals surface area contributed by atoms with Crippen LogP contribution in [0.25, 0.3) is 28.0 Å². The van der Waals surface area contributed by atoms with Crippen molar-refractivity contribution in [1.29, 1.82) is 0 Å². The van der Waals surface area contributed by atoms with Crippen molar-refractivity contribution < 1.29 is 0 Å². The molecular weight excluding hydrogens is 456 g/mol. The summed E-state index contributed by atoms with van der Waals surface area (Å²) in [6, 6.07) is 16.1. The lowest BCUT2D eigenvalue weighted by atomic mass is 9.92. The Morgan fingerprint density at radius 1 is 0.972 bits per heavy atom. The number of benzene rings is 2. The number of imidazole rings is 1. The van der Waals surface area contributed by atoms with Gasteiger partial charge in [-0.2, -0.15) is 4.68 Å². The number of para-hydroxylation sites is 1. The Balaban J connectivity index is 1.56. The highest BCUT2D eigenvalue weighted by Gasteiger charge is 2.22. The van der Waals surface area contributed by atoms with E-state index in [4.69, 9.17) is 0 Å². The Kier molecular flexibility index (Phi) is 5.87. The first-order chi connectivity index (χ1) is 17.2. The van der Waals surface area contributed by atoms with Crippen molar-refractivity contribution in [3.8, 4) is 16.8 Å². The van der Waals surface area contributed by atoms with E-state index in [2.05, 4.69) is 46.3 Å². The smallest absolute Gasteiger partial charge is 0.318 e. The van der Waals surface area contributed by atoms with E-state index in [1.807, 2.05) is 53.1 Å². The van der Waals surface area contributed by atoms with Crippen molar-refractivity contribution in [1.82, 2.24) is 39.3 Å². The third-order valence-corrected chi connectivity index (χ3v) is 6.08. The summed E-state index contributed by atoms with van der Waals surface area (Å²) < 4.78 is 4.79. The van der Waals surface area contributed by atoms with Gasteiger partial charge in [0.2, 0.25) is 0 Å². The third-order valence-electron chi connectivity index (χ3n) is 6.08. The summed E-state index contributed by atoms with van der Waals surface area (Å²) in [7, 11) is 0. The molecule has 184 valence electrons. The molecule has 5 rings (SSSR count). The number of aromatic amines is 1. The van der Waals surface area contributed by atoms with Gasteiger partial charge in [-0.05, 0) is 40.0 Å². The molecule has 10 nitrogen and oxygen atoms in total. The molecule has 0 fully saturated rings. The van der Waals surface area contributed by atoms with Gasteiger partial charge in [0.05, 0.1) is 5.69 Å². The summed E-state index contributed by atoms with van der Waals surface area (Å²) in [6.07, 6.45) is 2.23. The van der Waals surface area contributed by atoms with Crippen LogP contribution in [0, 0.1) is 5.41 Å². The van der Waals surface area contributed by atoms with Crippen LogP contribution in [0.4, 0.5) is 0 Å². The van der Waals surface area contributed by atoms with Crippen LogP contribution in [0.2, 0.25) is 0 Å². The van der Waals surface area contributed by atoms with Crippen LogP contribution in [-0.2, 0) is 19.5 Å². The molecule has 0 aliphatic rings. The molecule has 0 spiro atoms. The fourth-order valence-electron chi connectivity index (χ4n) is 4.42. The number of nitrogens with zero attached hydrogens (tertiary/aromatic N) is 7. The van der Waals surface area contributed by atoms with Gasteiger partial charge in [0.15, 0.2) is 11.2 Å². The van der Waals surface area contributed by atoms with E-state index in [0.717, 1.165) is 28.2 Å². The molecule has 0 atom stereocenters. The lowest BCUT2D eigenvalue weighted by Gasteiger charge is -2.19. The van der Waals surface area contributed by atoms with Crippen molar-refractivity contribution in [2.24, 2.45) is 5.41 Å². The molecule has 0 radical (unpaired) electrons. The standard InChI is InChI=1S/C26H28N8O2/c1-5-32-24(35)22-23(29-25(32)36)28-21(14-26(2,3)4)33(22)15-17-10-12-18(13-11-17)19-8-6-7-9-20(19)34-16-27-30-31-34/h6-13,16H,5,14-15H2,1-4H3,(H,29,36). The summed E-state index contributed by atoms with van der Waals surface area (Å²) in [5.74, 6) is 0.771. The number of hydrogen-bond donors (Lipinski definition) is 1. The quantitative estimate of drug-likeness (QED) is 0.396. The average Bonchev–Trinajstić information content (AvgIpc) is 3.48. The van der Waals surface area contributed by atoms with Crippen molar-refractivity contribution in [2.75, 3.05) is 0 Å². The van der Waals surface area contributed by atoms with E-state index >= 15 is 0 Å². The normalized spacial score (nSPS) is 11.9. The maximum atomic E-state index is 13.2. The summed E-state index contributed by atoms with van der Waals surface area (Å²) in [5.41, 5.74) is 3.86. The molecule has 10 heteroatoms. The molecule has 0 aliphatic carbocycles. The Bertz CT molecular complexity index is 1640. The fourth-order valence-corrected chi connectivity index (χ4v) is 4.42. The van der Waals surface area contributed by atoms with Gasteiger partial charge in [-0.1, -0.05) is 63.2 Å². The van der Waals surface area contributed by atoms with E-state index in [0.29, 0.717) is 30.7 Å². The molecule has 0 amide bonds. The zero-order valence-electron chi connectivity index (χ0n) is 20.8. The van der Waals surface area contributed by atoms with Gasteiger partial charge >= 0.3 is 5.69 Å². The van der Waals surface area contributed by atoms with Crippen molar-refractivity contribution in [2.45, 2.75) is 47.2 Å². The van der Waals surface area contributed by atoms with Crippen molar-refractivity contribution >= 4 is 11.2 Å². The number of hydrogen-bond acceptors (Lipinski definition) is 6. The first-order valence-electron chi connectivity index (χ1n) is 11.9. The number of tetrazole rings is 1. The lowest BCUT2D eigenvalue weighted by molar-refractivity contribution is 0.394. The molecule has 0 bridgehead atoms. The number of rotatable bonds is 6. The lowest BCUT2D eigenvalue weighted by Crippen LogP contribution is -2.35. The largest absolute Gasteiger partial charge is 0.330 e. The maximum absolute atomic E-state index is 13.2. The Hall–Kier alpha value is -4.34. The topological polar surface area (TPSA) is 116 Å². The van der Waals surface area contributed by atoms with E-state index in [1.54, 1.807) is 17.9 Å². The molecule has 3 aromatic heterocycles. The van der Waals surface area contributed by atoms with E-state index in [1.165, 1.54) is 4.57 Å². The molecule has 1 N–H and O–H groups in total. The minimum Gasteiger partial charge on any atom is -0.318 e. The Labute approximate surface area is 207 Å². The van der Waals surface area contributed by atoms with Gasteiger partial charge < -0.3 is 4.57 Å². The highest BCUT2D eigenvalue weighted by molar-refractivity contribution is 5.73. The van der Waals surface area contributed by atoms with Crippen LogP contribution in [-0.4, -0.2) is 39.3 Å². The molecule has 2 aromatic carbocycles. The average molecular weight is 485 g/mol. The second-order valence-electron chi connectivity index (χ2n) is 10.00.